The lowest BCUT2D eigenvalue weighted by Crippen LogP contribution is -2.39. The first-order valence-electron chi connectivity index (χ1n) is 6.26. The Kier molecular flexibility index (Phi) is 2.68. The zero-order chi connectivity index (χ0) is 11.9. The Morgan fingerprint density at radius 1 is 1.35 bits per heavy atom. The molecule has 0 radical (unpaired) electrons. The molecule has 2 nitrogen and oxygen atoms in total. The van der Waals surface area contributed by atoms with E-state index >= 15 is 0 Å². The van der Waals surface area contributed by atoms with Crippen LogP contribution in [-0.2, 0) is 0 Å². The molecule has 2 heterocycles. The van der Waals surface area contributed by atoms with Crippen molar-refractivity contribution in [2.75, 3.05) is 6.54 Å². The highest BCUT2D eigenvalue weighted by Gasteiger charge is 2.35. The molecule has 0 saturated carbocycles. The fourth-order valence-corrected chi connectivity index (χ4v) is 3.90. The molecule has 2 aromatic rings. The van der Waals surface area contributed by atoms with Crippen LogP contribution in [0.25, 0.3) is 10.2 Å². The summed E-state index contributed by atoms with van der Waals surface area (Å²) in [6.45, 7) is 5.80. The summed E-state index contributed by atoms with van der Waals surface area (Å²) in [5.41, 5.74) is 1.45. The standard InChI is InChI=1S/C14H18N2S/c1-14(2)8-5-9-15-12(14)13-16-10-6-3-4-7-11(10)17-13/h3-4,6-7,12,15H,5,8-9H2,1-2H3. The second kappa shape index (κ2) is 4.07. The first-order chi connectivity index (χ1) is 8.17. The SMILES string of the molecule is CC1(C)CCCNC1c1nc2ccccc2s1. The number of benzene rings is 1. The Bertz CT molecular complexity index is 497. The monoisotopic (exact) mass is 246 g/mol. The van der Waals surface area contributed by atoms with Crippen molar-refractivity contribution in [3.8, 4) is 0 Å². The molecule has 0 aliphatic carbocycles. The van der Waals surface area contributed by atoms with Crippen LogP contribution in [0.2, 0.25) is 0 Å². The van der Waals surface area contributed by atoms with Crippen LogP contribution >= 0.6 is 11.3 Å². The van der Waals surface area contributed by atoms with E-state index in [1.54, 1.807) is 0 Å². The van der Waals surface area contributed by atoms with Crippen LogP contribution in [-0.4, -0.2) is 11.5 Å². The van der Waals surface area contributed by atoms with Crippen molar-refractivity contribution in [3.05, 3.63) is 29.3 Å². The van der Waals surface area contributed by atoms with E-state index in [9.17, 15) is 0 Å². The van der Waals surface area contributed by atoms with Gasteiger partial charge in [-0.25, -0.2) is 4.98 Å². The smallest absolute Gasteiger partial charge is 0.111 e. The predicted octanol–water partition coefficient (Wildman–Crippen LogP) is 3.75. The van der Waals surface area contributed by atoms with E-state index in [0.29, 0.717) is 11.5 Å². The van der Waals surface area contributed by atoms with Crippen molar-refractivity contribution in [2.45, 2.75) is 32.7 Å². The number of hydrogen-bond acceptors (Lipinski definition) is 3. The normalized spacial score (nSPS) is 24.0. The quantitative estimate of drug-likeness (QED) is 0.829. The molecule has 90 valence electrons. The van der Waals surface area contributed by atoms with Gasteiger partial charge in [0.25, 0.3) is 0 Å². The number of fused-ring (bicyclic) bond motifs is 1. The third-order valence-electron chi connectivity index (χ3n) is 3.69. The summed E-state index contributed by atoms with van der Waals surface area (Å²) in [7, 11) is 0. The molecule has 1 atom stereocenters. The molecule has 1 fully saturated rings. The number of aromatic nitrogens is 1. The number of para-hydroxylation sites is 1. The van der Waals surface area contributed by atoms with E-state index < -0.39 is 0 Å². The van der Waals surface area contributed by atoms with Crippen molar-refractivity contribution in [3.63, 3.8) is 0 Å². The summed E-state index contributed by atoms with van der Waals surface area (Å²) in [6.07, 6.45) is 2.55. The summed E-state index contributed by atoms with van der Waals surface area (Å²) >= 11 is 1.83. The van der Waals surface area contributed by atoms with Crippen molar-refractivity contribution >= 4 is 21.6 Å². The van der Waals surface area contributed by atoms with Crippen molar-refractivity contribution in [1.29, 1.82) is 0 Å². The van der Waals surface area contributed by atoms with Gasteiger partial charge in [0.15, 0.2) is 0 Å². The molecule has 1 unspecified atom stereocenters. The van der Waals surface area contributed by atoms with E-state index in [2.05, 4.69) is 43.4 Å². The Morgan fingerprint density at radius 2 is 2.18 bits per heavy atom. The number of nitrogens with zero attached hydrogens (tertiary/aromatic N) is 1. The van der Waals surface area contributed by atoms with Crippen LogP contribution < -0.4 is 5.32 Å². The van der Waals surface area contributed by atoms with Gasteiger partial charge in [0.05, 0.1) is 16.3 Å². The first-order valence-corrected chi connectivity index (χ1v) is 7.07. The molecular weight excluding hydrogens is 228 g/mol. The van der Waals surface area contributed by atoms with Crippen LogP contribution in [0.1, 0.15) is 37.7 Å². The number of nitrogens with one attached hydrogen (secondary N) is 1. The van der Waals surface area contributed by atoms with Gasteiger partial charge in [-0.05, 0) is 36.9 Å². The molecule has 0 bridgehead atoms. The van der Waals surface area contributed by atoms with Gasteiger partial charge in [-0.1, -0.05) is 26.0 Å². The summed E-state index contributed by atoms with van der Waals surface area (Å²) in [6, 6.07) is 8.82. The van der Waals surface area contributed by atoms with Crippen LogP contribution in [0.5, 0.6) is 0 Å². The third kappa shape index (κ3) is 1.98. The maximum Gasteiger partial charge on any atom is 0.111 e. The Hall–Kier alpha value is -0.930. The highest BCUT2D eigenvalue weighted by Crippen LogP contribution is 2.42. The van der Waals surface area contributed by atoms with Crippen molar-refractivity contribution in [1.82, 2.24) is 10.3 Å². The van der Waals surface area contributed by atoms with Gasteiger partial charge in [-0.3, -0.25) is 0 Å². The molecule has 1 aliphatic rings. The molecule has 17 heavy (non-hydrogen) atoms. The van der Waals surface area contributed by atoms with Crippen LogP contribution in [0.3, 0.4) is 0 Å². The van der Waals surface area contributed by atoms with Crippen LogP contribution in [0, 0.1) is 5.41 Å². The maximum atomic E-state index is 4.79. The predicted molar refractivity (Wildman–Crippen MR) is 73.4 cm³/mol. The largest absolute Gasteiger partial charge is 0.307 e. The number of piperidine rings is 1. The van der Waals surface area contributed by atoms with Crippen LogP contribution in [0.4, 0.5) is 0 Å². The van der Waals surface area contributed by atoms with E-state index in [1.165, 1.54) is 22.5 Å². The zero-order valence-electron chi connectivity index (χ0n) is 10.4. The second-order valence-electron chi connectivity index (χ2n) is 5.50. The first kappa shape index (κ1) is 11.2. The average Bonchev–Trinajstić information content (AvgIpc) is 2.71. The minimum Gasteiger partial charge on any atom is -0.307 e. The lowest BCUT2D eigenvalue weighted by Gasteiger charge is -2.38. The summed E-state index contributed by atoms with van der Waals surface area (Å²) in [4.78, 5) is 4.79. The molecule has 0 spiro atoms. The maximum absolute atomic E-state index is 4.79. The van der Waals surface area contributed by atoms with Gasteiger partial charge in [0, 0.05) is 0 Å². The fraction of sp³-hybridized carbons (Fsp3) is 0.500. The van der Waals surface area contributed by atoms with Gasteiger partial charge in [0.1, 0.15) is 5.01 Å². The number of thiazole rings is 1. The minimum absolute atomic E-state index is 0.312. The minimum atomic E-state index is 0.312. The van der Waals surface area contributed by atoms with E-state index in [1.807, 2.05) is 11.3 Å². The molecule has 1 aliphatic heterocycles. The van der Waals surface area contributed by atoms with Crippen molar-refractivity contribution < 1.29 is 0 Å². The number of rotatable bonds is 1. The summed E-state index contributed by atoms with van der Waals surface area (Å²) in [5, 5.41) is 4.88. The van der Waals surface area contributed by atoms with Gasteiger partial charge < -0.3 is 5.32 Å². The highest BCUT2D eigenvalue weighted by atomic mass is 32.1. The summed E-state index contributed by atoms with van der Waals surface area (Å²) < 4.78 is 1.30. The molecule has 1 aromatic heterocycles. The Morgan fingerprint density at radius 3 is 2.94 bits per heavy atom. The lowest BCUT2D eigenvalue weighted by molar-refractivity contribution is 0.181. The number of hydrogen-bond donors (Lipinski definition) is 1. The molecule has 1 N–H and O–H groups in total. The molecule has 1 aromatic carbocycles. The highest BCUT2D eigenvalue weighted by molar-refractivity contribution is 7.18. The zero-order valence-corrected chi connectivity index (χ0v) is 11.2. The average molecular weight is 246 g/mol. The molecule has 3 rings (SSSR count). The van der Waals surface area contributed by atoms with Gasteiger partial charge in [-0.15, -0.1) is 11.3 Å². The second-order valence-corrected chi connectivity index (χ2v) is 6.56. The topological polar surface area (TPSA) is 24.9 Å². The lowest BCUT2D eigenvalue weighted by atomic mass is 9.78. The summed E-state index contributed by atoms with van der Waals surface area (Å²) in [5.74, 6) is 0. The van der Waals surface area contributed by atoms with E-state index in [4.69, 9.17) is 4.98 Å². The van der Waals surface area contributed by atoms with Gasteiger partial charge in [0.2, 0.25) is 0 Å². The third-order valence-corrected chi connectivity index (χ3v) is 4.79. The van der Waals surface area contributed by atoms with E-state index in [-0.39, 0.29) is 0 Å². The van der Waals surface area contributed by atoms with Gasteiger partial charge >= 0.3 is 0 Å². The molecular formula is C14H18N2S. The Balaban J connectivity index is 2.02. The molecule has 0 amide bonds. The Labute approximate surface area is 106 Å². The fourth-order valence-electron chi connectivity index (χ4n) is 2.65. The molecule has 1 saturated heterocycles. The van der Waals surface area contributed by atoms with Crippen LogP contribution in [0.15, 0.2) is 24.3 Å². The van der Waals surface area contributed by atoms with Gasteiger partial charge in [-0.2, -0.15) is 0 Å². The van der Waals surface area contributed by atoms with Crippen molar-refractivity contribution in [2.24, 2.45) is 5.41 Å². The molecule has 3 heteroatoms. The van der Waals surface area contributed by atoms with E-state index in [0.717, 1.165) is 12.1 Å².